The standard InChI is InChI=1S/C39H43FN6O5/c40-34-11-10-27(25-35-31-8-4-5-9-32(31)37(48)42-41-35)24-33(34)39(50)46-22-20-44(21-23-46)36(47)26-43-16-12-29(13-17-43)51-30-14-18-45(19-15-30)38(49)28-6-2-1-3-7-28/h1-11,24,29-30H,12-23,25-26H2,(H,42,48). The van der Waals surface area contributed by atoms with Gasteiger partial charge in [-0.3, -0.25) is 24.1 Å². The van der Waals surface area contributed by atoms with Gasteiger partial charge >= 0.3 is 0 Å². The van der Waals surface area contributed by atoms with E-state index in [2.05, 4.69) is 15.1 Å². The van der Waals surface area contributed by atoms with Crippen LogP contribution in [0.3, 0.4) is 0 Å². The molecule has 3 aliphatic rings. The summed E-state index contributed by atoms with van der Waals surface area (Å²) in [5.74, 6) is -0.897. The minimum absolute atomic E-state index is 0.0164. The Morgan fingerprint density at radius 3 is 2.04 bits per heavy atom. The van der Waals surface area contributed by atoms with Crippen LogP contribution in [0.2, 0.25) is 0 Å². The first-order chi connectivity index (χ1) is 24.8. The van der Waals surface area contributed by atoms with E-state index in [1.165, 1.54) is 6.07 Å². The third-order valence-corrected chi connectivity index (χ3v) is 10.4. The highest BCUT2D eigenvalue weighted by molar-refractivity contribution is 5.95. The van der Waals surface area contributed by atoms with Crippen molar-refractivity contribution in [3.63, 3.8) is 0 Å². The fourth-order valence-corrected chi connectivity index (χ4v) is 7.40. The fraction of sp³-hybridized carbons (Fsp3) is 0.410. The van der Waals surface area contributed by atoms with E-state index in [1.807, 2.05) is 47.4 Å². The van der Waals surface area contributed by atoms with Crippen LogP contribution in [0.1, 0.15) is 57.7 Å². The summed E-state index contributed by atoms with van der Waals surface area (Å²) in [6, 6.07) is 21.0. The lowest BCUT2D eigenvalue weighted by Gasteiger charge is -2.38. The maximum absolute atomic E-state index is 14.9. The number of carbonyl (C=O) groups is 3. The summed E-state index contributed by atoms with van der Waals surface area (Å²) >= 11 is 0. The molecule has 12 heteroatoms. The summed E-state index contributed by atoms with van der Waals surface area (Å²) in [5, 5.41) is 7.97. The molecule has 3 aromatic carbocycles. The lowest BCUT2D eigenvalue weighted by molar-refractivity contribution is -0.135. The zero-order valence-corrected chi connectivity index (χ0v) is 28.6. The third kappa shape index (κ3) is 8.02. The molecule has 0 unspecified atom stereocenters. The highest BCUT2D eigenvalue weighted by Crippen LogP contribution is 2.23. The number of ether oxygens (including phenoxy) is 1. The predicted octanol–water partition coefficient (Wildman–Crippen LogP) is 3.72. The number of aromatic nitrogens is 2. The lowest BCUT2D eigenvalue weighted by Crippen LogP contribution is -2.53. The lowest BCUT2D eigenvalue weighted by atomic mass is 10.0. The number of piperidine rings is 2. The SMILES string of the molecule is O=C(CN1CCC(OC2CCN(C(=O)c3ccccc3)CC2)CC1)N1CCN(C(=O)c2cc(Cc3n[nH]c(=O)c4ccccc34)ccc2F)CC1. The van der Waals surface area contributed by atoms with Crippen LogP contribution in [0.15, 0.2) is 77.6 Å². The van der Waals surface area contributed by atoms with Crippen molar-refractivity contribution >= 4 is 28.5 Å². The zero-order valence-electron chi connectivity index (χ0n) is 28.6. The predicted molar refractivity (Wildman–Crippen MR) is 190 cm³/mol. The Bertz CT molecular complexity index is 1930. The van der Waals surface area contributed by atoms with Crippen LogP contribution in [0.25, 0.3) is 10.8 Å². The van der Waals surface area contributed by atoms with E-state index >= 15 is 0 Å². The number of hydrogen-bond acceptors (Lipinski definition) is 7. The van der Waals surface area contributed by atoms with Crippen molar-refractivity contribution in [2.24, 2.45) is 0 Å². The Labute approximate surface area is 296 Å². The molecule has 1 N–H and O–H groups in total. The van der Waals surface area contributed by atoms with Gasteiger partial charge in [-0.1, -0.05) is 42.5 Å². The van der Waals surface area contributed by atoms with Crippen molar-refractivity contribution in [2.75, 3.05) is 58.9 Å². The quantitative estimate of drug-likeness (QED) is 0.299. The van der Waals surface area contributed by atoms with Gasteiger partial charge in [0.2, 0.25) is 5.91 Å². The molecule has 3 saturated heterocycles. The Morgan fingerprint density at radius 2 is 1.33 bits per heavy atom. The Balaban J connectivity index is 0.846. The van der Waals surface area contributed by atoms with E-state index in [1.54, 1.807) is 34.1 Å². The number of hydrogen-bond donors (Lipinski definition) is 1. The first-order valence-corrected chi connectivity index (χ1v) is 17.9. The van der Waals surface area contributed by atoms with E-state index in [-0.39, 0.29) is 35.1 Å². The number of likely N-dealkylation sites (tertiary alicyclic amines) is 2. The molecule has 266 valence electrons. The molecule has 0 spiro atoms. The number of nitrogens with one attached hydrogen (secondary N) is 1. The van der Waals surface area contributed by atoms with Crippen LogP contribution in [0.5, 0.6) is 0 Å². The molecule has 3 aliphatic heterocycles. The maximum Gasteiger partial charge on any atom is 0.272 e. The number of amides is 3. The molecule has 11 nitrogen and oxygen atoms in total. The van der Waals surface area contributed by atoms with E-state index in [0.717, 1.165) is 44.3 Å². The van der Waals surface area contributed by atoms with Crippen LogP contribution < -0.4 is 5.56 Å². The molecule has 51 heavy (non-hydrogen) atoms. The number of carbonyl (C=O) groups excluding carboxylic acids is 3. The minimum Gasteiger partial charge on any atom is -0.375 e. The van der Waals surface area contributed by atoms with Gasteiger partial charge in [0.15, 0.2) is 0 Å². The first-order valence-electron chi connectivity index (χ1n) is 17.9. The third-order valence-electron chi connectivity index (χ3n) is 10.4. The normalized spacial score (nSPS) is 17.9. The molecule has 0 bridgehead atoms. The van der Waals surface area contributed by atoms with Crippen molar-refractivity contribution < 1.29 is 23.5 Å². The summed E-state index contributed by atoms with van der Waals surface area (Å²) in [4.78, 5) is 59.1. The Hall–Kier alpha value is -4.94. The highest BCUT2D eigenvalue weighted by Gasteiger charge is 2.31. The molecule has 3 amide bonds. The highest BCUT2D eigenvalue weighted by atomic mass is 19.1. The van der Waals surface area contributed by atoms with Crippen molar-refractivity contribution in [3.05, 3.63) is 111 Å². The topological polar surface area (TPSA) is 119 Å². The number of benzene rings is 3. The second-order valence-corrected chi connectivity index (χ2v) is 13.7. The van der Waals surface area contributed by atoms with E-state index in [9.17, 15) is 23.6 Å². The maximum atomic E-state index is 14.9. The van der Waals surface area contributed by atoms with Crippen LogP contribution in [-0.4, -0.2) is 119 Å². The second-order valence-electron chi connectivity index (χ2n) is 13.7. The Kier molecular flexibility index (Phi) is 10.5. The van der Waals surface area contributed by atoms with Crippen molar-refractivity contribution in [3.8, 4) is 0 Å². The second kappa shape index (κ2) is 15.5. The molecule has 7 rings (SSSR count). The van der Waals surface area contributed by atoms with E-state index in [0.29, 0.717) is 74.3 Å². The number of aromatic amines is 1. The monoisotopic (exact) mass is 694 g/mol. The summed E-state index contributed by atoms with van der Waals surface area (Å²) in [5.41, 5.74) is 1.76. The Morgan fingerprint density at radius 1 is 0.725 bits per heavy atom. The van der Waals surface area contributed by atoms with Crippen LogP contribution in [0.4, 0.5) is 4.39 Å². The van der Waals surface area contributed by atoms with Gasteiger partial charge in [0.05, 0.1) is 35.4 Å². The molecule has 4 aromatic rings. The molecule has 3 fully saturated rings. The van der Waals surface area contributed by atoms with Gasteiger partial charge in [0, 0.05) is 69.7 Å². The number of nitrogens with zero attached hydrogens (tertiary/aromatic N) is 5. The number of halogens is 1. The molecule has 0 aliphatic carbocycles. The summed E-state index contributed by atoms with van der Waals surface area (Å²) in [6.45, 7) is 4.71. The van der Waals surface area contributed by atoms with Crippen LogP contribution >= 0.6 is 0 Å². The van der Waals surface area contributed by atoms with E-state index in [4.69, 9.17) is 4.74 Å². The van der Waals surface area contributed by atoms with Crippen molar-refractivity contribution in [1.29, 1.82) is 0 Å². The number of fused-ring (bicyclic) bond motifs is 1. The average Bonchev–Trinajstić information content (AvgIpc) is 3.17. The van der Waals surface area contributed by atoms with Gasteiger partial charge in [0.25, 0.3) is 17.4 Å². The van der Waals surface area contributed by atoms with Crippen molar-refractivity contribution in [2.45, 2.75) is 44.3 Å². The van der Waals surface area contributed by atoms with Gasteiger partial charge in [-0.25, -0.2) is 9.49 Å². The van der Waals surface area contributed by atoms with Gasteiger partial charge in [0.1, 0.15) is 5.82 Å². The van der Waals surface area contributed by atoms with E-state index < -0.39 is 11.7 Å². The van der Waals surface area contributed by atoms with Gasteiger partial charge in [-0.2, -0.15) is 5.10 Å². The zero-order chi connectivity index (χ0) is 35.3. The summed E-state index contributed by atoms with van der Waals surface area (Å²) in [6.07, 6.45) is 3.99. The van der Waals surface area contributed by atoms with Gasteiger partial charge in [-0.15, -0.1) is 0 Å². The largest absolute Gasteiger partial charge is 0.375 e. The van der Waals surface area contributed by atoms with Gasteiger partial charge in [-0.05, 0) is 61.6 Å². The average molecular weight is 695 g/mol. The molecule has 0 saturated carbocycles. The fourth-order valence-electron chi connectivity index (χ4n) is 7.40. The molecular weight excluding hydrogens is 651 g/mol. The number of rotatable bonds is 8. The summed E-state index contributed by atoms with van der Waals surface area (Å²) < 4.78 is 21.4. The minimum atomic E-state index is -0.599. The number of H-pyrrole nitrogens is 1. The first kappa shape index (κ1) is 34.5. The molecule has 0 atom stereocenters. The molecular formula is C39H43FN6O5. The summed E-state index contributed by atoms with van der Waals surface area (Å²) in [7, 11) is 0. The molecule has 0 radical (unpaired) electrons. The van der Waals surface area contributed by atoms with Gasteiger partial charge < -0.3 is 19.4 Å². The van der Waals surface area contributed by atoms with Crippen molar-refractivity contribution in [1.82, 2.24) is 29.8 Å². The number of piperazine rings is 1. The molecule has 1 aromatic heterocycles. The van der Waals surface area contributed by atoms with Crippen LogP contribution in [0, 0.1) is 5.82 Å². The van der Waals surface area contributed by atoms with Crippen LogP contribution in [-0.2, 0) is 16.0 Å². The molecule has 4 heterocycles. The smallest absolute Gasteiger partial charge is 0.272 e.